The first-order valence-electron chi connectivity index (χ1n) is 8.02. The van der Waals surface area contributed by atoms with Crippen LogP contribution in [0.15, 0.2) is 18.3 Å². The van der Waals surface area contributed by atoms with Crippen LogP contribution in [0.5, 0.6) is 0 Å². The van der Waals surface area contributed by atoms with Crippen LogP contribution < -0.4 is 10.2 Å². The van der Waals surface area contributed by atoms with Crippen molar-refractivity contribution < 1.29 is 0 Å². The monoisotopic (exact) mass is 275 g/mol. The SMILES string of the molecule is CCC1CCC(N(C)c2ncccc2C(C)NC)CC1. The van der Waals surface area contributed by atoms with Crippen molar-refractivity contribution in [2.45, 2.75) is 58.0 Å². The summed E-state index contributed by atoms with van der Waals surface area (Å²) in [6.45, 7) is 4.52. The molecule has 0 aromatic carbocycles. The van der Waals surface area contributed by atoms with E-state index in [1.54, 1.807) is 0 Å². The van der Waals surface area contributed by atoms with Crippen LogP contribution in [0.2, 0.25) is 0 Å². The van der Waals surface area contributed by atoms with E-state index in [2.05, 4.69) is 42.2 Å². The molecule has 2 rings (SSSR count). The Labute approximate surface area is 123 Å². The van der Waals surface area contributed by atoms with E-state index in [0.717, 1.165) is 11.7 Å². The molecule has 20 heavy (non-hydrogen) atoms. The maximum Gasteiger partial charge on any atom is 0.133 e. The number of nitrogens with zero attached hydrogens (tertiary/aromatic N) is 2. The standard InChI is InChI=1S/C17H29N3/c1-5-14-8-10-15(11-9-14)20(4)17-16(13(2)18-3)7-6-12-19-17/h6-7,12-15,18H,5,8-11H2,1-4H3. The lowest BCUT2D eigenvalue weighted by Crippen LogP contribution is -2.36. The second-order valence-electron chi connectivity index (χ2n) is 6.12. The van der Waals surface area contributed by atoms with Gasteiger partial charge >= 0.3 is 0 Å². The fourth-order valence-corrected chi connectivity index (χ4v) is 3.31. The summed E-state index contributed by atoms with van der Waals surface area (Å²) >= 11 is 0. The van der Waals surface area contributed by atoms with Gasteiger partial charge in [0.05, 0.1) is 0 Å². The molecule has 1 aromatic heterocycles. The Hall–Kier alpha value is -1.09. The first-order valence-corrected chi connectivity index (χ1v) is 8.02. The van der Waals surface area contributed by atoms with Gasteiger partial charge in [0, 0.05) is 30.9 Å². The topological polar surface area (TPSA) is 28.2 Å². The van der Waals surface area contributed by atoms with E-state index in [1.807, 2.05) is 19.3 Å². The van der Waals surface area contributed by atoms with Gasteiger partial charge in [-0.05, 0) is 51.6 Å². The average molecular weight is 275 g/mol. The molecule has 1 aromatic rings. The minimum Gasteiger partial charge on any atom is -0.356 e. The van der Waals surface area contributed by atoms with Gasteiger partial charge in [0.1, 0.15) is 5.82 Å². The van der Waals surface area contributed by atoms with E-state index in [1.165, 1.54) is 37.7 Å². The third kappa shape index (κ3) is 3.32. The molecule has 0 bridgehead atoms. The molecule has 1 saturated carbocycles. The molecule has 0 radical (unpaired) electrons. The lowest BCUT2D eigenvalue weighted by atomic mass is 9.84. The van der Waals surface area contributed by atoms with E-state index in [0.29, 0.717) is 12.1 Å². The van der Waals surface area contributed by atoms with Gasteiger partial charge in [0.15, 0.2) is 0 Å². The normalized spacial score (nSPS) is 24.4. The molecule has 0 saturated heterocycles. The number of hydrogen-bond donors (Lipinski definition) is 1. The lowest BCUT2D eigenvalue weighted by molar-refractivity contribution is 0.312. The Bertz CT molecular complexity index is 410. The Morgan fingerprint density at radius 3 is 2.65 bits per heavy atom. The third-order valence-corrected chi connectivity index (χ3v) is 4.99. The van der Waals surface area contributed by atoms with Crippen molar-refractivity contribution in [3.63, 3.8) is 0 Å². The van der Waals surface area contributed by atoms with Crippen LogP contribution in [-0.4, -0.2) is 25.1 Å². The number of anilines is 1. The number of rotatable bonds is 5. The fourth-order valence-electron chi connectivity index (χ4n) is 3.31. The second kappa shape index (κ2) is 7.07. The van der Waals surface area contributed by atoms with E-state index in [4.69, 9.17) is 0 Å². The summed E-state index contributed by atoms with van der Waals surface area (Å²) in [5.41, 5.74) is 1.30. The summed E-state index contributed by atoms with van der Waals surface area (Å²) in [6, 6.07) is 5.22. The highest BCUT2D eigenvalue weighted by Gasteiger charge is 2.25. The molecular weight excluding hydrogens is 246 g/mol. The van der Waals surface area contributed by atoms with Crippen LogP contribution in [0.4, 0.5) is 5.82 Å². The van der Waals surface area contributed by atoms with Crippen molar-refractivity contribution in [2.75, 3.05) is 19.0 Å². The maximum atomic E-state index is 4.65. The van der Waals surface area contributed by atoms with Crippen LogP contribution in [-0.2, 0) is 0 Å². The molecular formula is C17H29N3. The van der Waals surface area contributed by atoms with Gasteiger partial charge in [-0.3, -0.25) is 0 Å². The van der Waals surface area contributed by atoms with Crippen LogP contribution in [0.3, 0.4) is 0 Å². The lowest BCUT2D eigenvalue weighted by Gasteiger charge is -2.36. The Morgan fingerprint density at radius 2 is 2.05 bits per heavy atom. The smallest absolute Gasteiger partial charge is 0.133 e. The number of hydrogen-bond acceptors (Lipinski definition) is 3. The van der Waals surface area contributed by atoms with Gasteiger partial charge in [-0.25, -0.2) is 4.98 Å². The number of aromatic nitrogens is 1. The molecule has 3 heteroatoms. The predicted molar refractivity (Wildman–Crippen MR) is 86.2 cm³/mol. The van der Waals surface area contributed by atoms with E-state index >= 15 is 0 Å². The summed E-state index contributed by atoms with van der Waals surface area (Å²) in [7, 11) is 4.22. The highest BCUT2D eigenvalue weighted by Crippen LogP contribution is 2.32. The molecule has 1 unspecified atom stereocenters. The molecule has 1 aliphatic rings. The van der Waals surface area contributed by atoms with Crippen molar-refractivity contribution in [1.29, 1.82) is 0 Å². The largest absolute Gasteiger partial charge is 0.356 e. The first kappa shape index (κ1) is 15.3. The van der Waals surface area contributed by atoms with Gasteiger partial charge < -0.3 is 10.2 Å². The Kier molecular flexibility index (Phi) is 5.41. The van der Waals surface area contributed by atoms with Crippen LogP contribution in [0.1, 0.15) is 57.6 Å². The summed E-state index contributed by atoms with van der Waals surface area (Å²) in [6.07, 6.45) is 8.60. The third-order valence-electron chi connectivity index (χ3n) is 4.99. The zero-order chi connectivity index (χ0) is 14.5. The van der Waals surface area contributed by atoms with Crippen molar-refractivity contribution in [3.8, 4) is 0 Å². The van der Waals surface area contributed by atoms with Crippen LogP contribution >= 0.6 is 0 Å². The average Bonchev–Trinajstić information content (AvgIpc) is 2.53. The molecule has 0 amide bonds. The molecule has 3 nitrogen and oxygen atoms in total. The Morgan fingerprint density at radius 1 is 1.35 bits per heavy atom. The summed E-state index contributed by atoms with van der Waals surface area (Å²) in [5, 5.41) is 3.33. The molecule has 0 spiro atoms. The maximum absolute atomic E-state index is 4.65. The molecule has 1 N–H and O–H groups in total. The van der Waals surface area contributed by atoms with Gasteiger partial charge in [-0.1, -0.05) is 19.4 Å². The fraction of sp³-hybridized carbons (Fsp3) is 0.706. The summed E-state index contributed by atoms with van der Waals surface area (Å²) < 4.78 is 0. The number of pyridine rings is 1. The molecule has 1 aliphatic carbocycles. The highest BCUT2D eigenvalue weighted by atomic mass is 15.2. The number of nitrogens with one attached hydrogen (secondary N) is 1. The molecule has 0 aliphatic heterocycles. The van der Waals surface area contributed by atoms with Crippen LogP contribution in [0.25, 0.3) is 0 Å². The highest BCUT2D eigenvalue weighted by molar-refractivity contribution is 5.48. The minimum atomic E-state index is 0.341. The quantitative estimate of drug-likeness (QED) is 0.886. The summed E-state index contributed by atoms with van der Waals surface area (Å²) in [5.74, 6) is 2.09. The zero-order valence-electron chi connectivity index (χ0n) is 13.4. The van der Waals surface area contributed by atoms with Gasteiger partial charge in [0.2, 0.25) is 0 Å². The zero-order valence-corrected chi connectivity index (χ0v) is 13.4. The van der Waals surface area contributed by atoms with Crippen molar-refractivity contribution in [3.05, 3.63) is 23.9 Å². The van der Waals surface area contributed by atoms with Gasteiger partial charge in [-0.15, -0.1) is 0 Å². The molecule has 1 atom stereocenters. The molecule has 1 heterocycles. The van der Waals surface area contributed by atoms with Gasteiger partial charge in [0.25, 0.3) is 0 Å². The molecule has 112 valence electrons. The minimum absolute atomic E-state index is 0.341. The van der Waals surface area contributed by atoms with Crippen molar-refractivity contribution in [2.24, 2.45) is 5.92 Å². The second-order valence-corrected chi connectivity index (χ2v) is 6.12. The van der Waals surface area contributed by atoms with Crippen molar-refractivity contribution >= 4 is 5.82 Å². The van der Waals surface area contributed by atoms with Crippen LogP contribution in [0, 0.1) is 5.92 Å². The van der Waals surface area contributed by atoms with Crippen molar-refractivity contribution in [1.82, 2.24) is 10.3 Å². The van der Waals surface area contributed by atoms with Gasteiger partial charge in [-0.2, -0.15) is 0 Å². The van der Waals surface area contributed by atoms with E-state index in [-0.39, 0.29) is 0 Å². The first-order chi connectivity index (χ1) is 9.67. The molecule has 1 fully saturated rings. The van der Waals surface area contributed by atoms with E-state index < -0.39 is 0 Å². The van der Waals surface area contributed by atoms with E-state index in [9.17, 15) is 0 Å². The Balaban J connectivity index is 2.11. The predicted octanol–water partition coefficient (Wildman–Crippen LogP) is 3.77. The summed E-state index contributed by atoms with van der Waals surface area (Å²) in [4.78, 5) is 7.06.